The Bertz CT molecular complexity index is 571. The van der Waals surface area contributed by atoms with E-state index in [2.05, 4.69) is 44.5 Å². The minimum atomic E-state index is -3.99. The molecule has 0 aromatic heterocycles. The smallest absolute Gasteiger partial charge is 0.312 e. The molecule has 0 fully saturated rings. The fourth-order valence-corrected chi connectivity index (χ4v) is 4.38. The van der Waals surface area contributed by atoms with Crippen molar-refractivity contribution in [3.63, 3.8) is 0 Å². The van der Waals surface area contributed by atoms with E-state index in [-0.39, 0.29) is 12.3 Å². The predicted molar refractivity (Wildman–Crippen MR) is 94.1 cm³/mol. The van der Waals surface area contributed by atoms with E-state index in [1.807, 2.05) is 0 Å². The van der Waals surface area contributed by atoms with Gasteiger partial charge < -0.3 is 4.89 Å². The summed E-state index contributed by atoms with van der Waals surface area (Å²) in [5, 5.41) is 11.8. The van der Waals surface area contributed by atoms with Gasteiger partial charge >= 0.3 is 7.75 Å². The molecule has 0 aliphatic carbocycles. The van der Waals surface area contributed by atoms with Crippen LogP contribution in [-0.4, -0.2) is 38.2 Å². The van der Waals surface area contributed by atoms with Crippen LogP contribution >= 0.6 is 52.2 Å². The number of benzene rings is 1. The molecule has 11 heteroatoms. The summed E-state index contributed by atoms with van der Waals surface area (Å²) in [6.45, 7) is 0.430. The van der Waals surface area contributed by atoms with Crippen LogP contribution in [-0.2, 0) is 15.7 Å². The fraction of sp³-hybridized carbons (Fsp3) is 0.455. The monoisotopic (exact) mass is 476 g/mol. The Labute approximate surface area is 150 Å². The number of nitro groups is 1. The van der Waals surface area contributed by atoms with Crippen molar-refractivity contribution in [1.29, 1.82) is 0 Å². The van der Waals surface area contributed by atoms with Gasteiger partial charge in [-0.3, -0.25) is 14.6 Å². The van der Waals surface area contributed by atoms with Crippen LogP contribution in [0.15, 0.2) is 23.1 Å². The summed E-state index contributed by atoms with van der Waals surface area (Å²) < 4.78 is 18.7. The average molecular weight is 478 g/mol. The Kier molecular flexibility index (Phi) is 8.55. The van der Waals surface area contributed by atoms with Crippen molar-refractivity contribution in [3.05, 3.63) is 33.9 Å². The zero-order valence-corrected chi connectivity index (χ0v) is 16.4. The lowest BCUT2D eigenvalue weighted by Crippen LogP contribution is -2.25. The number of non-ortho nitro benzene ring substituents is 1. The van der Waals surface area contributed by atoms with Gasteiger partial charge in [-0.2, -0.15) is 0 Å². The lowest BCUT2D eigenvalue weighted by atomic mass is 10.2. The second-order valence-electron chi connectivity index (χ2n) is 4.17. The average Bonchev–Trinajstić information content (AvgIpc) is 2.46. The van der Waals surface area contributed by atoms with Gasteiger partial charge in [0.1, 0.15) is 0 Å². The van der Waals surface area contributed by atoms with Gasteiger partial charge in [0.25, 0.3) is 5.69 Å². The molecule has 1 atom stereocenters. The molecule has 0 aliphatic heterocycles. The van der Waals surface area contributed by atoms with E-state index in [1.165, 1.54) is 22.9 Å². The van der Waals surface area contributed by atoms with Gasteiger partial charge in [-0.25, -0.2) is 9.24 Å². The zero-order chi connectivity index (χ0) is 16.8. The Morgan fingerprint density at radius 2 is 1.95 bits per heavy atom. The molecular formula is C11H15Br2N2O5PS. The van der Waals surface area contributed by atoms with Crippen LogP contribution in [0.2, 0.25) is 0 Å². The van der Waals surface area contributed by atoms with E-state index in [9.17, 15) is 19.6 Å². The molecule has 0 heterocycles. The summed E-state index contributed by atoms with van der Waals surface area (Å²) in [5.74, 6) is 0. The Balaban J connectivity index is 2.85. The van der Waals surface area contributed by atoms with Gasteiger partial charge in [-0.1, -0.05) is 31.9 Å². The molecule has 1 aromatic carbocycles. The van der Waals surface area contributed by atoms with Crippen LogP contribution in [0.3, 0.4) is 0 Å². The molecule has 0 amide bonds. The van der Waals surface area contributed by atoms with Crippen LogP contribution in [0.1, 0.15) is 5.56 Å². The number of nitro benzene ring substituents is 1. The highest BCUT2D eigenvalue weighted by Crippen LogP contribution is 2.47. The highest BCUT2D eigenvalue weighted by Gasteiger charge is 2.29. The van der Waals surface area contributed by atoms with Crippen molar-refractivity contribution in [2.75, 3.05) is 23.7 Å². The summed E-state index contributed by atoms with van der Waals surface area (Å²) in [6.07, 6.45) is 0. The first-order chi connectivity index (χ1) is 10.3. The predicted octanol–water partition coefficient (Wildman–Crippen LogP) is 3.59. The van der Waals surface area contributed by atoms with E-state index < -0.39 is 12.7 Å². The molecule has 0 aliphatic rings. The van der Waals surface area contributed by atoms with Crippen molar-refractivity contribution < 1.29 is 18.9 Å². The molecule has 7 nitrogen and oxygen atoms in total. The number of alkyl halides is 2. The highest BCUT2D eigenvalue weighted by molar-refractivity contribution is 9.09. The first-order valence-electron chi connectivity index (χ1n) is 6.12. The molecule has 124 valence electrons. The highest BCUT2D eigenvalue weighted by atomic mass is 79.9. The second-order valence-corrected chi connectivity index (χ2v) is 8.04. The normalized spacial score (nSPS) is 14.0. The molecule has 0 spiro atoms. The van der Waals surface area contributed by atoms with Gasteiger partial charge in [0.15, 0.2) is 0 Å². The molecule has 0 saturated heterocycles. The van der Waals surface area contributed by atoms with Gasteiger partial charge in [0.05, 0.1) is 11.5 Å². The third-order valence-electron chi connectivity index (χ3n) is 2.70. The van der Waals surface area contributed by atoms with Crippen LogP contribution < -0.4 is 0 Å². The third-order valence-corrected chi connectivity index (χ3v) is 5.43. The zero-order valence-electron chi connectivity index (χ0n) is 11.4. The van der Waals surface area contributed by atoms with Crippen molar-refractivity contribution >= 4 is 57.9 Å². The van der Waals surface area contributed by atoms with Gasteiger partial charge in [-0.15, -0.1) is 12.6 Å². The summed E-state index contributed by atoms with van der Waals surface area (Å²) in [7, 11) is -3.99. The molecule has 1 aromatic rings. The van der Waals surface area contributed by atoms with Crippen LogP contribution in [0.25, 0.3) is 0 Å². The second kappa shape index (κ2) is 9.36. The van der Waals surface area contributed by atoms with Crippen molar-refractivity contribution in [2.45, 2.75) is 11.5 Å². The van der Waals surface area contributed by atoms with Gasteiger partial charge in [0, 0.05) is 40.8 Å². The third kappa shape index (κ3) is 5.92. The minimum Gasteiger partial charge on any atom is -0.312 e. The number of halogens is 2. The lowest BCUT2D eigenvalue weighted by molar-refractivity contribution is -0.385. The van der Waals surface area contributed by atoms with E-state index in [0.717, 1.165) is 0 Å². The van der Waals surface area contributed by atoms with E-state index >= 15 is 0 Å². The first-order valence-corrected chi connectivity index (χ1v) is 10.3. The maximum absolute atomic E-state index is 12.3. The quantitative estimate of drug-likeness (QED) is 0.185. The first kappa shape index (κ1) is 20.1. The number of rotatable bonds is 9. The summed E-state index contributed by atoms with van der Waals surface area (Å²) in [5.41, 5.74) is 0.256. The van der Waals surface area contributed by atoms with Crippen molar-refractivity contribution in [1.82, 2.24) is 4.67 Å². The van der Waals surface area contributed by atoms with Crippen molar-refractivity contribution in [2.24, 2.45) is 0 Å². The maximum atomic E-state index is 12.3. The Morgan fingerprint density at radius 1 is 1.36 bits per heavy atom. The molecule has 22 heavy (non-hydrogen) atoms. The fourth-order valence-electron chi connectivity index (χ4n) is 1.60. The molecule has 0 saturated carbocycles. The van der Waals surface area contributed by atoms with Crippen LogP contribution in [0, 0.1) is 10.1 Å². The number of hydrogen-bond acceptors (Lipinski definition) is 5. The number of thiol groups is 1. The number of nitrogens with zero attached hydrogens (tertiary/aromatic N) is 2. The van der Waals surface area contributed by atoms with Gasteiger partial charge in [0.2, 0.25) is 0 Å². The lowest BCUT2D eigenvalue weighted by Gasteiger charge is -2.25. The molecule has 1 unspecified atom stereocenters. The minimum absolute atomic E-state index is 0.123. The SMILES string of the molecule is O=[N+]([O-])c1ccc(S)c(COP(=O)(O)N(CCBr)CCBr)c1. The standard InChI is InChI=1S/C11H15Br2N2O5PS/c12-3-5-14(6-4-13)21(18,19)20-8-9-7-10(15(16)17)1-2-11(9)22/h1-2,7,22H,3-6,8H2,(H,18,19). The largest absolute Gasteiger partial charge is 0.405 e. The topological polar surface area (TPSA) is 92.9 Å². The summed E-state index contributed by atoms with van der Waals surface area (Å²) in [4.78, 5) is 20.7. The summed E-state index contributed by atoms with van der Waals surface area (Å²) >= 11 is 10.6. The van der Waals surface area contributed by atoms with E-state index in [0.29, 0.717) is 34.2 Å². The maximum Gasteiger partial charge on any atom is 0.405 e. The van der Waals surface area contributed by atoms with Gasteiger partial charge in [-0.05, 0) is 11.6 Å². The Hall–Kier alpha value is 0.0400. The molecule has 1 rings (SSSR count). The van der Waals surface area contributed by atoms with E-state index in [4.69, 9.17) is 4.52 Å². The van der Waals surface area contributed by atoms with Crippen molar-refractivity contribution in [3.8, 4) is 0 Å². The molecule has 0 radical (unpaired) electrons. The van der Waals surface area contributed by atoms with Crippen LogP contribution in [0.4, 0.5) is 5.69 Å². The number of hydrogen-bond donors (Lipinski definition) is 2. The van der Waals surface area contributed by atoms with E-state index in [1.54, 1.807) is 0 Å². The summed E-state index contributed by atoms with van der Waals surface area (Å²) in [6, 6.07) is 4.05. The van der Waals surface area contributed by atoms with Crippen LogP contribution in [0.5, 0.6) is 0 Å². The Morgan fingerprint density at radius 3 is 2.45 bits per heavy atom. The molecule has 1 N–H and O–H groups in total. The molecule has 0 bridgehead atoms. The molecular weight excluding hydrogens is 463 g/mol.